The van der Waals surface area contributed by atoms with E-state index in [4.69, 9.17) is 12.2 Å². The molecule has 1 amide bonds. The molecular weight excluding hydrogens is 402 g/mol. The van der Waals surface area contributed by atoms with Gasteiger partial charge in [0.15, 0.2) is 3.95 Å². The number of para-hydroxylation sites is 2. The minimum absolute atomic E-state index is 0.0160. The number of carbonyl (C=O) groups excluding carboxylic acids is 1. The number of benzene rings is 2. The van der Waals surface area contributed by atoms with E-state index in [1.54, 1.807) is 13.1 Å². The summed E-state index contributed by atoms with van der Waals surface area (Å²) < 4.78 is 1.92. The van der Waals surface area contributed by atoms with Gasteiger partial charge in [-0.15, -0.1) is 11.3 Å². The number of nitrogens with zero attached hydrogens (tertiary/aromatic N) is 2. The number of hydrogen-bond acceptors (Lipinski definition) is 5. The molecule has 3 aromatic rings. The first-order chi connectivity index (χ1) is 14.0. The fourth-order valence-electron chi connectivity index (χ4n) is 3.19. The van der Waals surface area contributed by atoms with Crippen molar-refractivity contribution in [2.45, 2.75) is 19.9 Å². The molecule has 0 bridgehead atoms. The van der Waals surface area contributed by atoms with Crippen LogP contribution in [0.3, 0.4) is 0 Å². The number of amides is 1. The van der Waals surface area contributed by atoms with Crippen LogP contribution in [0, 0.1) is 10.9 Å². The van der Waals surface area contributed by atoms with Crippen LogP contribution in [0.25, 0.3) is 11.6 Å². The Hall–Kier alpha value is -3.03. The van der Waals surface area contributed by atoms with Crippen LogP contribution in [0.5, 0.6) is 5.88 Å². The quantitative estimate of drug-likeness (QED) is 0.527. The van der Waals surface area contributed by atoms with Gasteiger partial charge in [0, 0.05) is 23.0 Å². The summed E-state index contributed by atoms with van der Waals surface area (Å²) in [6.07, 6.45) is 3.62. The van der Waals surface area contributed by atoms with Crippen molar-refractivity contribution in [3.63, 3.8) is 0 Å². The lowest BCUT2D eigenvalue weighted by atomic mass is 10.1. The molecule has 1 unspecified atom stereocenters. The maximum absolute atomic E-state index is 12.8. The maximum Gasteiger partial charge on any atom is 0.247 e. The van der Waals surface area contributed by atoms with Gasteiger partial charge in [0.05, 0.1) is 10.6 Å². The third-order valence-electron chi connectivity index (χ3n) is 4.86. The summed E-state index contributed by atoms with van der Waals surface area (Å²) in [6, 6.07) is 14.7. The number of allylic oxidation sites excluding steroid dienone is 1. The standard InChI is InChI=1S/C22H19N3O2S2/c1-13-7-3-5-9-17(13)24-20(26)14(2)25-21(27)19(29-22(25)28)11-15-12-23-18-10-6-4-8-16(15)18/h3-12,14,27H,1-2H3,(H,24,26)/b15-11-. The minimum Gasteiger partial charge on any atom is -0.493 e. The average Bonchev–Trinajstić information content (AvgIpc) is 3.24. The van der Waals surface area contributed by atoms with Gasteiger partial charge in [0.1, 0.15) is 6.04 Å². The smallest absolute Gasteiger partial charge is 0.247 e. The first-order valence-corrected chi connectivity index (χ1v) is 10.3. The zero-order chi connectivity index (χ0) is 20.5. The molecule has 2 heterocycles. The number of rotatable bonds is 4. The van der Waals surface area contributed by atoms with E-state index in [-0.39, 0.29) is 11.8 Å². The molecule has 0 aliphatic carbocycles. The number of aryl methyl sites for hydroxylation is 1. The van der Waals surface area contributed by atoms with Gasteiger partial charge >= 0.3 is 0 Å². The molecule has 0 saturated heterocycles. The van der Waals surface area contributed by atoms with Crippen LogP contribution in [0.4, 0.5) is 11.4 Å². The van der Waals surface area contributed by atoms with Crippen molar-refractivity contribution in [2.24, 2.45) is 4.99 Å². The van der Waals surface area contributed by atoms with Gasteiger partial charge in [0.2, 0.25) is 11.8 Å². The summed E-state index contributed by atoms with van der Waals surface area (Å²) in [5.41, 5.74) is 4.51. The Kier molecular flexibility index (Phi) is 5.17. The van der Waals surface area contributed by atoms with Crippen molar-refractivity contribution in [2.75, 3.05) is 5.32 Å². The molecule has 4 rings (SSSR count). The molecule has 2 N–H and O–H groups in total. The minimum atomic E-state index is -0.657. The van der Waals surface area contributed by atoms with Crippen molar-refractivity contribution in [3.8, 4) is 5.88 Å². The van der Waals surface area contributed by atoms with Gasteiger partial charge < -0.3 is 10.4 Å². The predicted octanol–water partition coefficient (Wildman–Crippen LogP) is 5.75. The predicted molar refractivity (Wildman–Crippen MR) is 122 cm³/mol. The Morgan fingerprint density at radius 2 is 1.97 bits per heavy atom. The Morgan fingerprint density at radius 1 is 1.24 bits per heavy atom. The highest BCUT2D eigenvalue weighted by Crippen LogP contribution is 2.37. The fourth-order valence-corrected chi connectivity index (χ4v) is 4.61. The normalized spacial score (nSPS) is 14.8. The summed E-state index contributed by atoms with van der Waals surface area (Å²) in [5.74, 6) is -0.256. The zero-order valence-corrected chi connectivity index (χ0v) is 17.6. The molecule has 1 atom stereocenters. The van der Waals surface area contributed by atoms with Gasteiger partial charge in [0.25, 0.3) is 0 Å². The summed E-state index contributed by atoms with van der Waals surface area (Å²) in [4.78, 5) is 17.8. The van der Waals surface area contributed by atoms with Crippen LogP contribution in [0.2, 0.25) is 0 Å². The Morgan fingerprint density at radius 3 is 2.76 bits per heavy atom. The van der Waals surface area contributed by atoms with Gasteiger partial charge in [-0.05, 0) is 49.8 Å². The lowest BCUT2D eigenvalue weighted by Gasteiger charge is -2.16. The van der Waals surface area contributed by atoms with Gasteiger partial charge in [-0.3, -0.25) is 14.4 Å². The van der Waals surface area contributed by atoms with E-state index in [1.807, 2.05) is 61.5 Å². The van der Waals surface area contributed by atoms with Crippen LogP contribution in [0.15, 0.2) is 53.5 Å². The molecule has 29 heavy (non-hydrogen) atoms. The molecule has 0 spiro atoms. The molecule has 0 radical (unpaired) electrons. The van der Waals surface area contributed by atoms with E-state index in [1.165, 1.54) is 15.9 Å². The zero-order valence-electron chi connectivity index (χ0n) is 15.9. The number of fused-ring (bicyclic) bond motifs is 1. The monoisotopic (exact) mass is 421 g/mol. The van der Waals surface area contributed by atoms with Crippen molar-refractivity contribution >= 4 is 58.7 Å². The Labute approximate surface area is 177 Å². The maximum atomic E-state index is 12.8. The molecule has 5 nitrogen and oxygen atoms in total. The second-order valence-corrected chi connectivity index (χ2v) is 8.46. The first-order valence-electron chi connectivity index (χ1n) is 9.11. The molecule has 1 aliphatic rings. The van der Waals surface area contributed by atoms with Crippen molar-refractivity contribution < 1.29 is 9.90 Å². The average molecular weight is 422 g/mol. The van der Waals surface area contributed by atoms with Crippen molar-refractivity contribution in [3.05, 3.63) is 68.5 Å². The number of nitrogens with one attached hydrogen (secondary N) is 1. The lowest BCUT2D eigenvalue weighted by Crippen LogP contribution is -2.23. The second-order valence-electron chi connectivity index (χ2n) is 6.78. The number of anilines is 1. The summed E-state index contributed by atoms with van der Waals surface area (Å²) in [5, 5.41) is 13.7. The van der Waals surface area contributed by atoms with E-state index in [0.29, 0.717) is 8.83 Å². The number of hydrogen-bond donors (Lipinski definition) is 2. The van der Waals surface area contributed by atoms with Crippen LogP contribution in [-0.2, 0) is 4.79 Å². The van der Waals surface area contributed by atoms with E-state index < -0.39 is 6.04 Å². The second kappa shape index (κ2) is 7.77. The molecule has 146 valence electrons. The number of aromatic nitrogens is 1. The topological polar surface area (TPSA) is 66.6 Å². The number of carbonyl (C=O) groups is 1. The van der Waals surface area contributed by atoms with Crippen LogP contribution in [0.1, 0.15) is 29.0 Å². The van der Waals surface area contributed by atoms with E-state index >= 15 is 0 Å². The van der Waals surface area contributed by atoms with Gasteiger partial charge in [-0.2, -0.15) is 0 Å². The van der Waals surface area contributed by atoms with Gasteiger partial charge in [-0.1, -0.05) is 36.4 Å². The molecule has 7 heteroatoms. The van der Waals surface area contributed by atoms with E-state index in [0.717, 1.165) is 28.1 Å². The molecule has 1 aliphatic heterocycles. The molecule has 0 saturated carbocycles. The Balaban J connectivity index is 1.63. The van der Waals surface area contributed by atoms with Crippen LogP contribution >= 0.6 is 23.6 Å². The summed E-state index contributed by atoms with van der Waals surface area (Å²) in [7, 11) is 0. The van der Waals surface area contributed by atoms with E-state index in [2.05, 4.69) is 10.3 Å². The SMILES string of the molecule is Cc1ccccc1NC(=O)C(C)n1c(O)c(/C=C2/C=Nc3ccccc32)sc1=S. The molecular formula is C22H19N3O2S2. The molecule has 2 aromatic carbocycles. The van der Waals surface area contributed by atoms with Crippen molar-refractivity contribution in [1.29, 1.82) is 0 Å². The number of aliphatic imine (C=N–C) groups is 1. The third-order valence-corrected chi connectivity index (χ3v) is 6.19. The first kappa shape index (κ1) is 19.3. The van der Waals surface area contributed by atoms with E-state index in [9.17, 15) is 9.90 Å². The highest BCUT2D eigenvalue weighted by Gasteiger charge is 2.23. The van der Waals surface area contributed by atoms with Crippen molar-refractivity contribution in [1.82, 2.24) is 4.57 Å². The number of aromatic hydroxyl groups is 1. The highest BCUT2D eigenvalue weighted by atomic mass is 32.1. The highest BCUT2D eigenvalue weighted by molar-refractivity contribution is 7.73. The lowest BCUT2D eigenvalue weighted by molar-refractivity contribution is -0.118. The van der Waals surface area contributed by atoms with Crippen LogP contribution in [-0.4, -0.2) is 21.8 Å². The fraction of sp³-hybridized carbons (Fsp3) is 0.136. The Bertz CT molecular complexity index is 1220. The summed E-state index contributed by atoms with van der Waals surface area (Å²) in [6.45, 7) is 3.65. The largest absolute Gasteiger partial charge is 0.493 e. The molecule has 0 fully saturated rings. The van der Waals surface area contributed by atoms with Gasteiger partial charge in [-0.25, -0.2) is 0 Å². The molecule has 1 aromatic heterocycles. The summed E-state index contributed by atoms with van der Waals surface area (Å²) >= 11 is 6.71. The number of thiazole rings is 1. The third kappa shape index (κ3) is 3.66. The van der Waals surface area contributed by atoms with Crippen LogP contribution < -0.4 is 5.32 Å².